The van der Waals surface area contributed by atoms with E-state index in [9.17, 15) is 13.2 Å². The molecule has 1 fully saturated rings. The number of guanidine groups is 1. The fourth-order valence-electron chi connectivity index (χ4n) is 2.92. The molecule has 1 saturated heterocycles. The Balaban J connectivity index is 0.00000392. The van der Waals surface area contributed by atoms with Crippen LogP contribution in [0.3, 0.4) is 0 Å². The van der Waals surface area contributed by atoms with Crippen LogP contribution in [0, 0.1) is 5.92 Å². The average Bonchev–Trinajstić information content (AvgIpc) is 2.91. The molecule has 0 radical (unpaired) electrons. The zero-order valence-electron chi connectivity index (χ0n) is 16.7. The van der Waals surface area contributed by atoms with Crippen LogP contribution in [0.1, 0.15) is 39.2 Å². The van der Waals surface area contributed by atoms with Crippen LogP contribution >= 0.6 is 24.0 Å². The molecule has 2 rings (SSSR count). The number of amides is 1. The summed E-state index contributed by atoms with van der Waals surface area (Å²) in [6, 6.07) is 7.50. The Labute approximate surface area is 185 Å². The van der Waals surface area contributed by atoms with E-state index in [4.69, 9.17) is 0 Å². The maximum atomic E-state index is 11.9. The topological polar surface area (TPSA) is 99.7 Å². The van der Waals surface area contributed by atoms with Crippen LogP contribution < -0.4 is 16.0 Å². The summed E-state index contributed by atoms with van der Waals surface area (Å²) in [5.74, 6) is 1.29. The standard InChI is InChI=1S/C19H30N4O3S.HI/c1-4-20-19(23-17-8-9-27(25,26)13-17)21-12-15-6-5-7-16(11-15)22-18(24)10-14(2)3;/h5-7,11,14,17H,4,8-10,12-13H2,1-3H3,(H,22,24)(H2,20,21,23);1H. The smallest absolute Gasteiger partial charge is 0.224 e. The SMILES string of the molecule is CCNC(=NCc1cccc(NC(=O)CC(C)C)c1)NC1CCS(=O)(=O)C1.I. The molecule has 7 nitrogen and oxygen atoms in total. The fraction of sp³-hybridized carbons (Fsp3) is 0.579. The van der Waals surface area contributed by atoms with Crippen molar-refractivity contribution in [2.45, 2.75) is 46.2 Å². The molecule has 0 saturated carbocycles. The molecule has 0 bridgehead atoms. The van der Waals surface area contributed by atoms with Crippen molar-refractivity contribution in [2.75, 3.05) is 23.4 Å². The van der Waals surface area contributed by atoms with Gasteiger partial charge in [-0.05, 0) is 37.0 Å². The highest BCUT2D eigenvalue weighted by atomic mass is 127. The van der Waals surface area contributed by atoms with Gasteiger partial charge in [0.1, 0.15) is 0 Å². The second-order valence-electron chi connectivity index (χ2n) is 7.29. The molecule has 0 spiro atoms. The fourth-order valence-corrected chi connectivity index (χ4v) is 4.60. The molecule has 9 heteroatoms. The predicted octanol–water partition coefficient (Wildman–Crippen LogP) is 2.53. The lowest BCUT2D eigenvalue weighted by molar-refractivity contribution is -0.116. The predicted molar refractivity (Wildman–Crippen MR) is 125 cm³/mol. The van der Waals surface area contributed by atoms with Gasteiger partial charge in [0, 0.05) is 24.7 Å². The van der Waals surface area contributed by atoms with E-state index in [1.54, 1.807) is 0 Å². The number of halogens is 1. The van der Waals surface area contributed by atoms with Crippen molar-refractivity contribution in [3.8, 4) is 0 Å². The first-order chi connectivity index (χ1) is 12.8. The lowest BCUT2D eigenvalue weighted by atomic mass is 10.1. The Morgan fingerprint density at radius 2 is 2.07 bits per heavy atom. The zero-order valence-corrected chi connectivity index (χ0v) is 19.8. The first kappa shape index (κ1) is 24.7. The van der Waals surface area contributed by atoms with Crippen molar-refractivity contribution in [3.63, 3.8) is 0 Å². The molecular formula is C19H31IN4O3S. The second-order valence-corrected chi connectivity index (χ2v) is 9.51. The van der Waals surface area contributed by atoms with Gasteiger partial charge in [0.15, 0.2) is 15.8 Å². The van der Waals surface area contributed by atoms with Crippen molar-refractivity contribution in [2.24, 2.45) is 10.9 Å². The van der Waals surface area contributed by atoms with E-state index in [0.29, 0.717) is 37.8 Å². The molecule has 1 atom stereocenters. The highest BCUT2D eigenvalue weighted by Crippen LogP contribution is 2.14. The van der Waals surface area contributed by atoms with Crippen LogP contribution in [-0.2, 0) is 21.2 Å². The Kier molecular flexibility index (Phi) is 10.2. The molecule has 158 valence electrons. The van der Waals surface area contributed by atoms with E-state index in [2.05, 4.69) is 20.9 Å². The highest BCUT2D eigenvalue weighted by molar-refractivity contribution is 14.0. The number of anilines is 1. The summed E-state index contributed by atoms with van der Waals surface area (Å²) in [4.78, 5) is 16.5. The van der Waals surface area contributed by atoms with Gasteiger partial charge in [-0.3, -0.25) is 4.79 Å². The van der Waals surface area contributed by atoms with Crippen molar-refractivity contribution in [1.82, 2.24) is 10.6 Å². The molecule has 1 amide bonds. The number of sulfone groups is 1. The first-order valence-electron chi connectivity index (χ1n) is 9.41. The summed E-state index contributed by atoms with van der Waals surface area (Å²) >= 11 is 0. The molecule has 1 aromatic rings. The van der Waals surface area contributed by atoms with Crippen LogP contribution in [0.15, 0.2) is 29.3 Å². The Hall–Kier alpha value is -1.36. The van der Waals surface area contributed by atoms with Gasteiger partial charge in [0.25, 0.3) is 0 Å². The van der Waals surface area contributed by atoms with Gasteiger partial charge in [-0.2, -0.15) is 0 Å². The molecular weight excluding hydrogens is 491 g/mol. The van der Waals surface area contributed by atoms with Gasteiger partial charge in [-0.15, -0.1) is 24.0 Å². The van der Waals surface area contributed by atoms with Crippen LogP contribution in [0.2, 0.25) is 0 Å². The van der Waals surface area contributed by atoms with Crippen LogP contribution in [0.4, 0.5) is 5.69 Å². The number of carbonyl (C=O) groups excluding carboxylic acids is 1. The summed E-state index contributed by atoms with van der Waals surface area (Å²) in [5, 5.41) is 9.26. The molecule has 1 aliphatic rings. The minimum Gasteiger partial charge on any atom is -0.357 e. The number of hydrogen-bond donors (Lipinski definition) is 3. The number of carbonyl (C=O) groups is 1. The third-order valence-electron chi connectivity index (χ3n) is 4.14. The number of hydrogen-bond acceptors (Lipinski definition) is 4. The Bertz CT molecular complexity index is 781. The third kappa shape index (κ3) is 8.76. The molecule has 1 aromatic carbocycles. The highest BCUT2D eigenvalue weighted by Gasteiger charge is 2.28. The molecule has 1 aliphatic heterocycles. The van der Waals surface area contributed by atoms with E-state index >= 15 is 0 Å². The number of benzene rings is 1. The first-order valence-corrected chi connectivity index (χ1v) is 11.2. The minimum atomic E-state index is -2.93. The van der Waals surface area contributed by atoms with Crippen molar-refractivity contribution >= 4 is 51.4 Å². The van der Waals surface area contributed by atoms with Gasteiger partial charge in [-0.25, -0.2) is 13.4 Å². The van der Waals surface area contributed by atoms with E-state index in [-0.39, 0.29) is 47.4 Å². The molecule has 1 heterocycles. The summed E-state index contributed by atoms with van der Waals surface area (Å²) in [7, 11) is -2.93. The lowest BCUT2D eigenvalue weighted by Crippen LogP contribution is -2.44. The maximum Gasteiger partial charge on any atom is 0.224 e. The number of nitrogens with zero attached hydrogens (tertiary/aromatic N) is 1. The summed E-state index contributed by atoms with van der Waals surface area (Å²) < 4.78 is 23.2. The summed E-state index contributed by atoms with van der Waals surface area (Å²) in [6.45, 7) is 7.11. The molecule has 3 N–H and O–H groups in total. The Morgan fingerprint density at radius 3 is 2.68 bits per heavy atom. The second kappa shape index (κ2) is 11.6. The summed E-state index contributed by atoms with van der Waals surface area (Å²) in [6.07, 6.45) is 1.09. The maximum absolute atomic E-state index is 11.9. The number of rotatable bonds is 7. The Morgan fingerprint density at radius 1 is 1.32 bits per heavy atom. The molecule has 0 aliphatic carbocycles. The van der Waals surface area contributed by atoms with E-state index < -0.39 is 9.84 Å². The van der Waals surface area contributed by atoms with Crippen molar-refractivity contribution < 1.29 is 13.2 Å². The van der Waals surface area contributed by atoms with Gasteiger partial charge in [0.2, 0.25) is 5.91 Å². The van der Waals surface area contributed by atoms with Gasteiger partial charge >= 0.3 is 0 Å². The zero-order chi connectivity index (χ0) is 19.9. The lowest BCUT2D eigenvalue weighted by Gasteiger charge is -2.16. The molecule has 0 aromatic heterocycles. The average molecular weight is 522 g/mol. The van der Waals surface area contributed by atoms with Crippen LogP contribution in [0.5, 0.6) is 0 Å². The third-order valence-corrected chi connectivity index (χ3v) is 5.91. The van der Waals surface area contributed by atoms with E-state index in [1.165, 1.54) is 0 Å². The molecule has 1 unspecified atom stereocenters. The van der Waals surface area contributed by atoms with Gasteiger partial charge < -0.3 is 16.0 Å². The summed E-state index contributed by atoms with van der Waals surface area (Å²) in [5.41, 5.74) is 1.72. The van der Waals surface area contributed by atoms with Gasteiger partial charge in [0.05, 0.1) is 18.1 Å². The monoisotopic (exact) mass is 522 g/mol. The quantitative estimate of drug-likeness (QED) is 0.291. The van der Waals surface area contributed by atoms with Crippen molar-refractivity contribution in [1.29, 1.82) is 0 Å². The largest absolute Gasteiger partial charge is 0.357 e. The number of nitrogens with one attached hydrogen (secondary N) is 3. The normalized spacial score (nSPS) is 18.4. The van der Waals surface area contributed by atoms with Crippen molar-refractivity contribution in [3.05, 3.63) is 29.8 Å². The molecule has 28 heavy (non-hydrogen) atoms. The van der Waals surface area contributed by atoms with Crippen LogP contribution in [-0.4, -0.2) is 44.4 Å². The van der Waals surface area contributed by atoms with E-state index in [1.807, 2.05) is 45.0 Å². The van der Waals surface area contributed by atoms with Gasteiger partial charge in [-0.1, -0.05) is 26.0 Å². The van der Waals surface area contributed by atoms with Crippen LogP contribution in [0.25, 0.3) is 0 Å². The minimum absolute atomic E-state index is 0. The van der Waals surface area contributed by atoms with E-state index in [0.717, 1.165) is 11.3 Å². The number of aliphatic imine (C=N–C) groups is 1.